The molecule has 0 radical (unpaired) electrons. The lowest BCUT2D eigenvalue weighted by molar-refractivity contribution is -0.116. The number of methoxy groups -OCH3 is 1. The van der Waals surface area contributed by atoms with Crippen molar-refractivity contribution in [3.63, 3.8) is 0 Å². The number of hydrogen-bond donors (Lipinski definition) is 1. The third-order valence-corrected chi connectivity index (χ3v) is 5.95. The summed E-state index contributed by atoms with van der Waals surface area (Å²) in [6.45, 7) is 9.25. The SMILES string of the molecule is CNC(=O)/C=C\N(C=O)CCC(COP(OCCC#N)N(C(C)C)C(C)C)OC. The van der Waals surface area contributed by atoms with Crippen LogP contribution in [0.15, 0.2) is 12.3 Å². The third-order valence-electron chi connectivity index (χ3n) is 3.87. The van der Waals surface area contributed by atoms with Crippen LogP contribution in [0.4, 0.5) is 0 Å². The van der Waals surface area contributed by atoms with Crippen LogP contribution in [0.25, 0.3) is 0 Å². The van der Waals surface area contributed by atoms with Crippen molar-refractivity contribution in [3.8, 4) is 6.07 Å². The maximum absolute atomic E-state index is 11.3. The Bertz CT molecular complexity index is 531. The molecule has 0 fully saturated rings. The molecule has 0 bridgehead atoms. The number of nitriles is 1. The minimum absolute atomic E-state index is 0.213. The molecular weight excluding hydrogens is 395 g/mol. The first-order valence-corrected chi connectivity index (χ1v) is 10.8. The Balaban J connectivity index is 4.86. The summed E-state index contributed by atoms with van der Waals surface area (Å²) < 4.78 is 19.5. The number of ether oxygens (including phenoxy) is 1. The number of hydrogen-bond acceptors (Lipinski definition) is 7. The van der Waals surface area contributed by atoms with Crippen molar-refractivity contribution < 1.29 is 23.4 Å². The van der Waals surface area contributed by atoms with Crippen LogP contribution in [0.3, 0.4) is 0 Å². The molecule has 0 saturated carbocycles. The van der Waals surface area contributed by atoms with Crippen molar-refractivity contribution in [2.75, 3.05) is 33.9 Å². The molecule has 2 amide bonds. The second-order valence-corrected chi connectivity index (χ2v) is 8.22. The Morgan fingerprint density at radius 1 is 1.24 bits per heavy atom. The maximum Gasteiger partial charge on any atom is 0.259 e. The number of nitrogens with zero attached hydrogens (tertiary/aromatic N) is 3. The van der Waals surface area contributed by atoms with E-state index in [0.29, 0.717) is 32.4 Å². The van der Waals surface area contributed by atoms with E-state index in [-0.39, 0.29) is 30.7 Å². The summed E-state index contributed by atoms with van der Waals surface area (Å²) in [6.07, 6.45) is 3.94. The molecule has 1 N–H and O–H groups in total. The molecule has 10 heteroatoms. The van der Waals surface area contributed by atoms with Crippen molar-refractivity contribution in [1.29, 1.82) is 5.26 Å². The highest BCUT2D eigenvalue weighted by atomic mass is 31.2. The molecule has 0 heterocycles. The van der Waals surface area contributed by atoms with Crippen LogP contribution in [0.2, 0.25) is 0 Å². The monoisotopic (exact) mass is 430 g/mol. The zero-order chi connectivity index (χ0) is 22.2. The standard InChI is InChI=1S/C19H35N4O5P/c1-16(2)23(17(3)4)29(27-13-7-10-20)28-14-18(26-6)8-11-22(15-24)12-9-19(25)21-5/h9,12,15-18H,7-8,11,13-14H2,1-6H3,(H,21,25)/b12-9-. The Labute approximate surface area is 175 Å². The molecule has 0 aliphatic heterocycles. The Morgan fingerprint density at radius 2 is 1.90 bits per heavy atom. The molecule has 0 aromatic rings. The highest BCUT2D eigenvalue weighted by molar-refractivity contribution is 7.44. The minimum atomic E-state index is -1.35. The molecule has 9 nitrogen and oxygen atoms in total. The van der Waals surface area contributed by atoms with Crippen LogP contribution in [0, 0.1) is 11.3 Å². The number of amides is 2. The molecule has 0 aliphatic rings. The van der Waals surface area contributed by atoms with Gasteiger partial charge in [0.05, 0.1) is 31.8 Å². The molecule has 0 aromatic heterocycles. The number of nitrogens with one attached hydrogen (secondary N) is 1. The number of carbonyl (C=O) groups excluding carboxylic acids is 2. The average molecular weight is 430 g/mol. The van der Waals surface area contributed by atoms with Crippen LogP contribution >= 0.6 is 8.53 Å². The van der Waals surface area contributed by atoms with Gasteiger partial charge in [0.1, 0.15) is 0 Å². The molecule has 29 heavy (non-hydrogen) atoms. The topological polar surface area (TPSA) is 104 Å². The van der Waals surface area contributed by atoms with Gasteiger partial charge in [0.2, 0.25) is 12.3 Å². The number of likely N-dealkylation sites (N-methyl/N-ethyl adjacent to an activating group) is 1. The van der Waals surface area contributed by atoms with Gasteiger partial charge in [-0.15, -0.1) is 0 Å². The first-order chi connectivity index (χ1) is 13.8. The van der Waals surface area contributed by atoms with Gasteiger partial charge in [-0.3, -0.25) is 9.59 Å². The van der Waals surface area contributed by atoms with Gasteiger partial charge in [0, 0.05) is 45.1 Å². The maximum atomic E-state index is 11.3. The predicted octanol–water partition coefficient (Wildman–Crippen LogP) is 2.40. The summed E-state index contributed by atoms with van der Waals surface area (Å²) in [5.74, 6) is -0.286. The largest absolute Gasteiger partial charge is 0.379 e. The minimum Gasteiger partial charge on any atom is -0.379 e. The summed E-state index contributed by atoms with van der Waals surface area (Å²) in [6, 6.07) is 2.50. The molecule has 2 unspecified atom stereocenters. The summed E-state index contributed by atoms with van der Waals surface area (Å²) in [5, 5.41) is 11.2. The average Bonchev–Trinajstić information content (AvgIpc) is 2.68. The Morgan fingerprint density at radius 3 is 2.38 bits per heavy atom. The van der Waals surface area contributed by atoms with E-state index < -0.39 is 8.53 Å². The second kappa shape index (κ2) is 16.3. The fourth-order valence-electron chi connectivity index (χ4n) is 2.43. The van der Waals surface area contributed by atoms with E-state index in [9.17, 15) is 9.59 Å². The van der Waals surface area contributed by atoms with Crippen molar-refractivity contribution >= 4 is 20.8 Å². The molecule has 0 aromatic carbocycles. The molecule has 166 valence electrons. The van der Waals surface area contributed by atoms with E-state index in [0.717, 1.165) is 0 Å². The third kappa shape index (κ3) is 11.9. The molecular formula is C19H35N4O5P. The van der Waals surface area contributed by atoms with Crippen LogP contribution in [-0.2, 0) is 23.4 Å². The van der Waals surface area contributed by atoms with Gasteiger partial charge in [-0.25, -0.2) is 4.67 Å². The highest BCUT2D eigenvalue weighted by Crippen LogP contribution is 2.46. The van der Waals surface area contributed by atoms with Crippen LogP contribution in [-0.4, -0.2) is 74.0 Å². The fraction of sp³-hybridized carbons (Fsp3) is 0.737. The quantitative estimate of drug-likeness (QED) is 0.174. The van der Waals surface area contributed by atoms with E-state index in [4.69, 9.17) is 19.0 Å². The highest BCUT2D eigenvalue weighted by Gasteiger charge is 2.28. The number of carbonyl (C=O) groups is 2. The van der Waals surface area contributed by atoms with Crippen molar-refractivity contribution in [3.05, 3.63) is 12.3 Å². The summed E-state index contributed by atoms with van der Waals surface area (Å²) in [5.41, 5.74) is 0. The zero-order valence-corrected chi connectivity index (χ0v) is 19.2. The Kier molecular flexibility index (Phi) is 15.4. The molecule has 0 rings (SSSR count). The molecule has 0 saturated heterocycles. The van der Waals surface area contributed by atoms with Crippen LogP contribution < -0.4 is 5.32 Å². The van der Waals surface area contributed by atoms with Gasteiger partial charge in [0.25, 0.3) is 8.53 Å². The first kappa shape index (κ1) is 27.4. The van der Waals surface area contributed by atoms with Gasteiger partial charge in [-0.2, -0.15) is 5.26 Å². The smallest absolute Gasteiger partial charge is 0.259 e. The van der Waals surface area contributed by atoms with E-state index >= 15 is 0 Å². The van der Waals surface area contributed by atoms with Gasteiger partial charge in [-0.05, 0) is 34.1 Å². The van der Waals surface area contributed by atoms with Crippen molar-refractivity contribution in [2.45, 2.75) is 58.7 Å². The van der Waals surface area contributed by atoms with Crippen LogP contribution in [0.5, 0.6) is 0 Å². The second-order valence-electron chi connectivity index (χ2n) is 6.76. The molecule has 0 aliphatic carbocycles. The van der Waals surface area contributed by atoms with Gasteiger partial charge < -0.3 is 24.0 Å². The van der Waals surface area contributed by atoms with Gasteiger partial charge >= 0.3 is 0 Å². The molecule has 2 atom stereocenters. The van der Waals surface area contributed by atoms with Crippen molar-refractivity contribution in [1.82, 2.24) is 14.9 Å². The lowest BCUT2D eigenvalue weighted by Crippen LogP contribution is -2.34. The van der Waals surface area contributed by atoms with Crippen LogP contribution in [0.1, 0.15) is 40.5 Å². The molecule has 0 spiro atoms. The normalized spacial score (nSPS) is 13.7. The summed E-state index contributed by atoms with van der Waals surface area (Å²) in [4.78, 5) is 23.8. The van der Waals surface area contributed by atoms with Gasteiger partial charge in [-0.1, -0.05) is 0 Å². The predicted molar refractivity (Wildman–Crippen MR) is 113 cm³/mol. The van der Waals surface area contributed by atoms with E-state index in [2.05, 4.69) is 43.8 Å². The zero-order valence-electron chi connectivity index (χ0n) is 18.3. The van der Waals surface area contributed by atoms with E-state index in [1.54, 1.807) is 7.11 Å². The van der Waals surface area contributed by atoms with E-state index in [1.807, 2.05) is 0 Å². The fourth-order valence-corrected chi connectivity index (χ4v) is 4.07. The number of rotatable bonds is 16. The Hall–Kier alpha value is -1.56. The summed E-state index contributed by atoms with van der Waals surface area (Å²) >= 11 is 0. The lowest BCUT2D eigenvalue weighted by atomic mass is 10.2. The first-order valence-electron chi connectivity index (χ1n) is 9.65. The summed E-state index contributed by atoms with van der Waals surface area (Å²) in [7, 11) is 1.76. The van der Waals surface area contributed by atoms with Crippen molar-refractivity contribution in [2.24, 2.45) is 0 Å². The lowest BCUT2D eigenvalue weighted by Gasteiger charge is -2.36. The van der Waals surface area contributed by atoms with E-state index in [1.165, 1.54) is 24.2 Å². The van der Waals surface area contributed by atoms with Gasteiger partial charge in [0.15, 0.2) is 0 Å².